The third-order valence-electron chi connectivity index (χ3n) is 6.99. The minimum atomic E-state index is -0.625. The Hall–Kier alpha value is -2.57. The van der Waals surface area contributed by atoms with Crippen molar-refractivity contribution in [1.29, 1.82) is 0 Å². The summed E-state index contributed by atoms with van der Waals surface area (Å²) in [5.74, 6) is 1.86. The van der Waals surface area contributed by atoms with Crippen LogP contribution in [0, 0.1) is 11.8 Å². The molecule has 2 atom stereocenters. The number of nitrogens with zero attached hydrogens (tertiary/aromatic N) is 2. The van der Waals surface area contributed by atoms with Gasteiger partial charge in [-0.3, -0.25) is 4.90 Å². The number of aryl methyl sites for hydroxylation is 1. The van der Waals surface area contributed by atoms with E-state index in [4.69, 9.17) is 9.47 Å². The van der Waals surface area contributed by atoms with Gasteiger partial charge in [-0.2, -0.15) is 0 Å². The minimum Gasteiger partial charge on any atom is -0.490 e. The maximum absolute atomic E-state index is 13.1. The van der Waals surface area contributed by atoms with Gasteiger partial charge in [-0.1, -0.05) is 32.9 Å². The molecule has 2 heterocycles. The van der Waals surface area contributed by atoms with Crippen molar-refractivity contribution in [2.24, 2.45) is 11.8 Å². The Kier molecular flexibility index (Phi) is 7.79. The summed E-state index contributed by atoms with van der Waals surface area (Å²) in [6.45, 7) is 8.95. The first-order valence-electron chi connectivity index (χ1n) is 12.6. The number of amides is 1. The van der Waals surface area contributed by atoms with Crippen LogP contribution in [-0.2, 0) is 6.42 Å². The van der Waals surface area contributed by atoms with Gasteiger partial charge in [-0.05, 0) is 87.1 Å². The van der Waals surface area contributed by atoms with E-state index in [9.17, 15) is 9.90 Å². The molecule has 0 aliphatic carbocycles. The Morgan fingerprint density at radius 2 is 1.88 bits per heavy atom. The molecule has 6 heteroatoms. The number of carbonyl (C=O) groups excluding carboxylic acids is 1. The summed E-state index contributed by atoms with van der Waals surface area (Å²) >= 11 is 0. The summed E-state index contributed by atoms with van der Waals surface area (Å²) in [7, 11) is 2.15. The predicted molar refractivity (Wildman–Crippen MR) is 135 cm³/mol. The lowest BCUT2D eigenvalue weighted by atomic mass is 9.85. The van der Waals surface area contributed by atoms with Crippen molar-refractivity contribution in [3.8, 4) is 11.5 Å². The van der Waals surface area contributed by atoms with E-state index in [1.165, 1.54) is 5.56 Å². The van der Waals surface area contributed by atoms with E-state index in [1.54, 1.807) is 17.0 Å². The molecular weight excluding hydrogens is 428 g/mol. The van der Waals surface area contributed by atoms with Crippen molar-refractivity contribution in [3.05, 3.63) is 53.6 Å². The molecule has 1 amide bonds. The molecule has 2 aromatic rings. The van der Waals surface area contributed by atoms with E-state index in [0.717, 1.165) is 38.0 Å². The molecule has 1 saturated heterocycles. The lowest BCUT2D eigenvalue weighted by Gasteiger charge is -2.38. The molecule has 0 bridgehead atoms. The quantitative estimate of drug-likeness (QED) is 0.615. The number of benzene rings is 2. The summed E-state index contributed by atoms with van der Waals surface area (Å²) < 4.78 is 12.1. The summed E-state index contributed by atoms with van der Waals surface area (Å²) in [5.41, 5.74) is 2.74. The molecule has 4 rings (SSSR count). The lowest BCUT2D eigenvalue weighted by Crippen LogP contribution is -2.40. The fraction of sp³-hybridized carbons (Fsp3) is 0.536. The van der Waals surface area contributed by atoms with Gasteiger partial charge in [0.25, 0.3) is 0 Å². The summed E-state index contributed by atoms with van der Waals surface area (Å²) in [4.78, 5) is 17.2. The van der Waals surface area contributed by atoms with Gasteiger partial charge in [-0.25, -0.2) is 4.79 Å². The van der Waals surface area contributed by atoms with E-state index in [-0.39, 0.29) is 12.0 Å². The molecule has 184 valence electrons. The number of carbonyl (C=O) groups is 1. The molecule has 2 aromatic carbocycles. The molecule has 0 radical (unpaired) electrons. The lowest BCUT2D eigenvalue weighted by molar-refractivity contribution is 0.0155. The maximum atomic E-state index is 13.1. The third-order valence-corrected chi connectivity index (χ3v) is 6.99. The van der Waals surface area contributed by atoms with Crippen LogP contribution in [0.2, 0.25) is 0 Å². The molecule has 0 aromatic heterocycles. The van der Waals surface area contributed by atoms with Gasteiger partial charge in [0.15, 0.2) is 0 Å². The predicted octanol–water partition coefficient (Wildman–Crippen LogP) is 5.44. The molecule has 34 heavy (non-hydrogen) atoms. The van der Waals surface area contributed by atoms with Crippen LogP contribution in [-0.4, -0.2) is 48.9 Å². The molecule has 2 aliphatic rings. The molecule has 0 spiro atoms. The average Bonchev–Trinajstić information content (AvgIpc) is 2.83. The highest BCUT2D eigenvalue weighted by molar-refractivity contribution is 5.89. The molecule has 0 saturated carbocycles. The van der Waals surface area contributed by atoms with Crippen molar-refractivity contribution < 1.29 is 19.4 Å². The Bertz CT molecular complexity index is 967. The fourth-order valence-electron chi connectivity index (χ4n) is 4.92. The van der Waals surface area contributed by atoms with E-state index < -0.39 is 12.2 Å². The molecule has 1 fully saturated rings. The van der Waals surface area contributed by atoms with Gasteiger partial charge >= 0.3 is 6.09 Å². The molecule has 1 N–H and O–H groups in total. The Morgan fingerprint density at radius 3 is 2.53 bits per heavy atom. The van der Waals surface area contributed by atoms with Crippen LogP contribution >= 0.6 is 0 Å². The average molecular weight is 467 g/mol. The fourth-order valence-corrected chi connectivity index (χ4v) is 4.92. The largest absolute Gasteiger partial charge is 0.490 e. The van der Waals surface area contributed by atoms with Crippen molar-refractivity contribution >= 4 is 11.8 Å². The van der Waals surface area contributed by atoms with E-state index in [2.05, 4.69) is 32.7 Å². The number of anilines is 1. The van der Waals surface area contributed by atoms with Gasteiger partial charge < -0.3 is 19.5 Å². The van der Waals surface area contributed by atoms with Crippen LogP contribution in [0.3, 0.4) is 0 Å². The SMILES string of the molecule is CCc1ccc(N(CC(C)C)C(=O)Oc2ccc3c(c2)C(O)CC(C2CCN(C)CC2)O3)cc1. The number of hydrogen-bond acceptors (Lipinski definition) is 5. The number of piperidine rings is 1. The van der Waals surface area contributed by atoms with Crippen LogP contribution < -0.4 is 14.4 Å². The topological polar surface area (TPSA) is 62.2 Å². The number of aliphatic hydroxyl groups excluding tert-OH is 1. The van der Waals surface area contributed by atoms with Crippen molar-refractivity contribution in [2.45, 2.75) is 58.7 Å². The Labute approximate surface area is 203 Å². The maximum Gasteiger partial charge on any atom is 0.419 e. The standard InChI is InChI=1S/C28H38N2O4/c1-5-20-6-8-22(9-7-20)30(18-19(2)3)28(32)33-23-10-11-26-24(16-23)25(31)17-27(34-26)21-12-14-29(4)15-13-21/h6-11,16,19,21,25,27,31H,5,12-15,17-18H2,1-4H3. The van der Waals surface area contributed by atoms with Gasteiger partial charge in [0.05, 0.1) is 6.10 Å². The number of hydrogen-bond donors (Lipinski definition) is 1. The number of fused-ring (bicyclic) bond motifs is 1. The zero-order valence-corrected chi connectivity index (χ0v) is 20.9. The Morgan fingerprint density at radius 1 is 1.18 bits per heavy atom. The molecule has 2 aliphatic heterocycles. The van der Waals surface area contributed by atoms with Gasteiger partial charge in [0.2, 0.25) is 0 Å². The Balaban J connectivity index is 1.47. The zero-order chi connectivity index (χ0) is 24.2. The number of ether oxygens (including phenoxy) is 2. The minimum absolute atomic E-state index is 0.0252. The monoisotopic (exact) mass is 466 g/mol. The normalized spacial score (nSPS) is 21.1. The highest BCUT2D eigenvalue weighted by Crippen LogP contribution is 2.40. The summed E-state index contributed by atoms with van der Waals surface area (Å²) in [6.07, 6.45) is 2.67. The second-order valence-corrected chi connectivity index (χ2v) is 10.1. The number of rotatable bonds is 6. The first-order valence-corrected chi connectivity index (χ1v) is 12.6. The second-order valence-electron chi connectivity index (χ2n) is 10.1. The first kappa shape index (κ1) is 24.6. The van der Waals surface area contributed by atoms with Crippen molar-refractivity contribution in [2.75, 3.05) is 31.6 Å². The molecule has 2 unspecified atom stereocenters. The van der Waals surface area contributed by atoms with Crippen LogP contribution in [0.15, 0.2) is 42.5 Å². The number of aliphatic hydroxyl groups is 1. The van der Waals surface area contributed by atoms with Gasteiger partial charge in [-0.15, -0.1) is 0 Å². The van der Waals surface area contributed by atoms with Crippen molar-refractivity contribution in [3.63, 3.8) is 0 Å². The second kappa shape index (κ2) is 10.8. The highest BCUT2D eigenvalue weighted by Gasteiger charge is 2.34. The van der Waals surface area contributed by atoms with E-state index in [1.807, 2.05) is 30.3 Å². The summed E-state index contributed by atoms with van der Waals surface area (Å²) in [6, 6.07) is 13.4. The highest BCUT2D eigenvalue weighted by atomic mass is 16.6. The van der Waals surface area contributed by atoms with Crippen LogP contribution in [0.1, 0.15) is 57.3 Å². The first-order chi connectivity index (χ1) is 16.3. The van der Waals surface area contributed by atoms with Gasteiger partial charge in [0, 0.05) is 24.2 Å². The number of likely N-dealkylation sites (tertiary alicyclic amines) is 1. The van der Waals surface area contributed by atoms with Gasteiger partial charge in [0.1, 0.15) is 17.6 Å². The summed E-state index contributed by atoms with van der Waals surface area (Å²) in [5, 5.41) is 10.9. The van der Waals surface area contributed by atoms with E-state index in [0.29, 0.717) is 35.9 Å². The van der Waals surface area contributed by atoms with Crippen LogP contribution in [0.25, 0.3) is 0 Å². The molecule has 6 nitrogen and oxygen atoms in total. The van der Waals surface area contributed by atoms with Crippen LogP contribution in [0.4, 0.5) is 10.5 Å². The van der Waals surface area contributed by atoms with Crippen LogP contribution in [0.5, 0.6) is 11.5 Å². The zero-order valence-electron chi connectivity index (χ0n) is 20.9. The smallest absolute Gasteiger partial charge is 0.419 e. The third kappa shape index (κ3) is 5.73. The van der Waals surface area contributed by atoms with E-state index >= 15 is 0 Å². The van der Waals surface area contributed by atoms with Crippen molar-refractivity contribution in [1.82, 2.24) is 4.90 Å². The molecular formula is C28H38N2O4.